The molecule has 1 fully saturated rings. The van der Waals surface area contributed by atoms with Crippen LogP contribution >= 0.6 is 0 Å². The fourth-order valence-corrected chi connectivity index (χ4v) is 3.23. The Bertz CT molecular complexity index is 899. The largest absolute Gasteiger partial charge is 0.348 e. The van der Waals surface area contributed by atoms with Gasteiger partial charge in [0.1, 0.15) is 11.6 Å². The highest BCUT2D eigenvalue weighted by atomic mass is 16.1. The highest BCUT2D eigenvalue weighted by molar-refractivity contribution is 5.43. The van der Waals surface area contributed by atoms with Crippen molar-refractivity contribution in [1.82, 2.24) is 24.6 Å². The van der Waals surface area contributed by atoms with Crippen molar-refractivity contribution in [3.05, 3.63) is 52.5 Å². The molecule has 0 bridgehead atoms. The zero-order valence-corrected chi connectivity index (χ0v) is 12.9. The van der Waals surface area contributed by atoms with Gasteiger partial charge in [0.2, 0.25) is 0 Å². The van der Waals surface area contributed by atoms with E-state index in [0.29, 0.717) is 5.65 Å². The van der Waals surface area contributed by atoms with Crippen LogP contribution in [-0.4, -0.2) is 31.1 Å². The lowest BCUT2D eigenvalue weighted by molar-refractivity contribution is 0.461. The third-order valence-corrected chi connectivity index (χ3v) is 4.30. The quantitative estimate of drug-likeness (QED) is 0.781. The monoisotopic (exact) mass is 310 g/mol. The summed E-state index contributed by atoms with van der Waals surface area (Å²) in [5.74, 6) is 1.65. The standard InChI is InChI=1S/C16H18N6O/c1-11-17-7-5-14(19-11)21-9-3-2-4-13(21)12-10-16(23)22-15(20-12)6-8-18-22/h5-8,10,13,18H,2-4,9H2,1H3/t13-/m1/s1. The SMILES string of the molecule is Cc1nccc(N2CCCC[C@@H]2c2cc(=O)n3[nH]ccc3n2)n1. The molecule has 0 aliphatic carbocycles. The van der Waals surface area contributed by atoms with Crippen LogP contribution < -0.4 is 10.5 Å². The first-order valence-corrected chi connectivity index (χ1v) is 7.86. The van der Waals surface area contributed by atoms with Gasteiger partial charge in [0.05, 0.1) is 11.7 Å². The van der Waals surface area contributed by atoms with Gasteiger partial charge in [-0.1, -0.05) is 0 Å². The first-order chi connectivity index (χ1) is 11.2. The van der Waals surface area contributed by atoms with Crippen LogP contribution in [0.1, 0.15) is 36.8 Å². The number of anilines is 1. The van der Waals surface area contributed by atoms with Gasteiger partial charge in [-0.2, -0.15) is 0 Å². The van der Waals surface area contributed by atoms with E-state index in [2.05, 4.69) is 25.0 Å². The summed E-state index contributed by atoms with van der Waals surface area (Å²) in [6.45, 7) is 2.80. The maximum atomic E-state index is 12.2. The summed E-state index contributed by atoms with van der Waals surface area (Å²) >= 11 is 0. The third-order valence-electron chi connectivity index (χ3n) is 4.30. The summed E-state index contributed by atoms with van der Waals surface area (Å²) in [6, 6.07) is 5.44. The molecule has 118 valence electrons. The first kappa shape index (κ1) is 13.9. The normalized spacial score (nSPS) is 18.5. The van der Waals surface area contributed by atoms with E-state index in [-0.39, 0.29) is 11.6 Å². The van der Waals surface area contributed by atoms with Crippen LogP contribution in [-0.2, 0) is 0 Å². The molecule has 0 aromatic carbocycles. The van der Waals surface area contributed by atoms with E-state index < -0.39 is 0 Å². The highest BCUT2D eigenvalue weighted by Crippen LogP contribution is 2.32. The van der Waals surface area contributed by atoms with Crippen LogP contribution in [0.5, 0.6) is 0 Å². The van der Waals surface area contributed by atoms with Crippen molar-refractivity contribution in [2.75, 3.05) is 11.4 Å². The molecule has 0 spiro atoms. The van der Waals surface area contributed by atoms with Crippen LogP contribution in [0.25, 0.3) is 5.65 Å². The molecule has 1 N–H and O–H groups in total. The maximum absolute atomic E-state index is 12.2. The zero-order chi connectivity index (χ0) is 15.8. The minimum Gasteiger partial charge on any atom is -0.348 e. The number of aryl methyl sites for hydroxylation is 1. The second-order valence-electron chi connectivity index (χ2n) is 5.84. The predicted octanol–water partition coefficient (Wildman–Crippen LogP) is 1.85. The van der Waals surface area contributed by atoms with Gasteiger partial charge in [0.25, 0.3) is 5.56 Å². The maximum Gasteiger partial charge on any atom is 0.272 e. The average molecular weight is 310 g/mol. The molecule has 7 heteroatoms. The van der Waals surface area contributed by atoms with E-state index in [1.54, 1.807) is 18.5 Å². The molecule has 3 aromatic rings. The number of hydrogen-bond acceptors (Lipinski definition) is 5. The molecule has 1 atom stereocenters. The predicted molar refractivity (Wildman–Crippen MR) is 86.5 cm³/mol. The van der Waals surface area contributed by atoms with Crippen LogP contribution in [0.3, 0.4) is 0 Å². The van der Waals surface area contributed by atoms with E-state index in [1.807, 2.05) is 19.1 Å². The number of hydrogen-bond donors (Lipinski definition) is 1. The van der Waals surface area contributed by atoms with Crippen molar-refractivity contribution in [2.45, 2.75) is 32.2 Å². The van der Waals surface area contributed by atoms with Gasteiger partial charge in [-0.05, 0) is 32.3 Å². The van der Waals surface area contributed by atoms with Crippen LogP contribution in [0.15, 0.2) is 35.4 Å². The number of rotatable bonds is 2. The van der Waals surface area contributed by atoms with E-state index in [0.717, 1.165) is 43.1 Å². The third kappa shape index (κ3) is 2.48. The van der Waals surface area contributed by atoms with Gasteiger partial charge in [-0.15, -0.1) is 0 Å². The smallest absolute Gasteiger partial charge is 0.272 e. The van der Waals surface area contributed by atoms with Crippen molar-refractivity contribution < 1.29 is 0 Å². The van der Waals surface area contributed by atoms with Crippen LogP contribution in [0.2, 0.25) is 0 Å². The molecule has 1 aliphatic rings. The Morgan fingerprint density at radius 2 is 2.17 bits per heavy atom. The number of aromatic nitrogens is 5. The molecule has 1 aliphatic heterocycles. The molecular weight excluding hydrogens is 292 g/mol. The topological polar surface area (TPSA) is 79.2 Å². The van der Waals surface area contributed by atoms with Crippen molar-refractivity contribution in [1.29, 1.82) is 0 Å². The Kier molecular flexibility index (Phi) is 3.33. The summed E-state index contributed by atoms with van der Waals surface area (Å²) in [6.07, 6.45) is 6.71. The van der Waals surface area contributed by atoms with Gasteiger partial charge in [-0.25, -0.2) is 19.5 Å². The van der Waals surface area contributed by atoms with Gasteiger partial charge in [0.15, 0.2) is 5.65 Å². The lowest BCUT2D eigenvalue weighted by Crippen LogP contribution is -2.35. The van der Waals surface area contributed by atoms with Gasteiger partial charge < -0.3 is 4.90 Å². The Morgan fingerprint density at radius 1 is 1.26 bits per heavy atom. The van der Waals surface area contributed by atoms with E-state index in [1.165, 1.54) is 4.52 Å². The number of nitrogens with one attached hydrogen (secondary N) is 1. The minimum atomic E-state index is -0.0839. The zero-order valence-electron chi connectivity index (χ0n) is 12.9. The second-order valence-corrected chi connectivity index (χ2v) is 5.84. The number of H-pyrrole nitrogens is 1. The Hall–Kier alpha value is -2.70. The molecular formula is C16H18N6O. The summed E-state index contributed by atoms with van der Waals surface area (Å²) in [5.41, 5.74) is 1.38. The molecule has 0 unspecified atom stereocenters. The average Bonchev–Trinajstić information content (AvgIpc) is 3.04. The van der Waals surface area contributed by atoms with Crippen molar-refractivity contribution in [2.24, 2.45) is 0 Å². The minimum absolute atomic E-state index is 0.0747. The van der Waals surface area contributed by atoms with E-state index in [9.17, 15) is 4.79 Å². The number of fused-ring (bicyclic) bond motifs is 1. The van der Waals surface area contributed by atoms with Crippen molar-refractivity contribution in [3.8, 4) is 0 Å². The summed E-state index contributed by atoms with van der Waals surface area (Å²) in [7, 11) is 0. The van der Waals surface area contributed by atoms with Crippen molar-refractivity contribution >= 4 is 11.5 Å². The summed E-state index contributed by atoms with van der Waals surface area (Å²) < 4.78 is 1.45. The van der Waals surface area contributed by atoms with E-state index >= 15 is 0 Å². The molecule has 23 heavy (non-hydrogen) atoms. The van der Waals surface area contributed by atoms with Crippen molar-refractivity contribution in [3.63, 3.8) is 0 Å². The molecule has 4 heterocycles. The van der Waals surface area contributed by atoms with Crippen LogP contribution in [0, 0.1) is 6.92 Å². The van der Waals surface area contributed by atoms with E-state index in [4.69, 9.17) is 0 Å². The number of nitrogens with zero attached hydrogens (tertiary/aromatic N) is 5. The van der Waals surface area contributed by atoms with Gasteiger partial charge >= 0.3 is 0 Å². The van der Waals surface area contributed by atoms with Gasteiger partial charge in [-0.3, -0.25) is 9.89 Å². The summed E-state index contributed by atoms with van der Waals surface area (Å²) in [5, 5.41) is 2.88. The molecule has 3 aromatic heterocycles. The van der Waals surface area contributed by atoms with Crippen LogP contribution in [0.4, 0.5) is 5.82 Å². The Labute approximate surface area is 133 Å². The molecule has 0 amide bonds. The molecule has 7 nitrogen and oxygen atoms in total. The summed E-state index contributed by atoms with van der Waals surface area (Å²) in [4.78, 5) is 27.9. The first-order valence-electron chi connectivity index (χ1n) is 7.86. The fraction of sp³-hybridized carbons (Fsp3) is 0.375. The lowest BCUT2D eigenvalue weighted by atomic mass is 9.99. The fourth-order valence-electron chi connectivity index (χ4n) is 3.23. The molecule has 0 saturated carbocycles. The molecule has 4 rings (SSSR count). The Balaban J connectivity index is 1.78. The number of aromatic amines is 1. The number of piperidine rings is 1. The Morgan fingerprint density at radius 3 is 3.04 bits per heavy atom. The lowest BCUT2D eigenvalue weighted by Gasteiger charge is -2.36. The van der Waals surface area contributed by atoms with Gasteiger partial charge in [0, 0.05) is 31.1 Å². The highest BCUT2D eigenvalue weighted by Gasteiger charge is 2.27. The second kappa shape index (κ2) is 5.49. The molecule has 0 radical (unpaired) electrons. The molecule has 1 saturated heterocycles.